The highest BCUT2D eigenvalue weighted by Crippen LogP contribution is 2.10. The Hall–Kier alpha value is -1.44. The van der Waals surface area contributed by atoms with Crippen LogP contribution in [-0.2, 0) is 19.1 Å². The van der Waals surface area contributed by atoms with Gasteiger partial charge < -0.3 is 24.2 Å². The first kappa shape index (κ1) is 30.6. The van der Waals surface area contributed by atoms with Gasteiger partial charge in [0.25, 0.3) is 0 Å². The summed E-state index contributed by atoms with van der Waals surface area (Å²) in [6.45, 7) is 2.37. The monoisotopic (exact) mass is 458 g/mol. The Bertz CT molecular complexity index is 515. The van der Waals surface area contributed by atoms with E-state index >= 15 is 0 Å². The molecule has 188 valence electrons. The molecular weight excluding hydrogens is 410 g/mol. The predicted octanol–water partition coefficient (Wildman–Crippen LogP) is 4.32. The van der Waals surface area contributed by atoms with Gasteiger partial charge in [0.15, 0.2) is 6.04 Å². The molecule has 2 atom stereocenters. The summed E-state index contributed by atoms with van der Waals surface area (Å²) in [6.07, 6.45) is 15.9. The second-order valence-electron chi connectivity index (χ2n) is 9.44. The highest BCUT2D eigenvalue weighted by molar-refractivity contribution is 5.72. The number of rotatable bonds is 21. The van der Waals surface area contributed by atoms with Crippen LogP contribution < -0.4 is 0 Å². The molecular formula is C25H48NO6+. The van der Waals surface area contributed by atoms with E-state index in [-0.39, 0.29) is 25.8 Å². The van der Waals surface area contributed by atoms with Crippen molar-refractivity contribution >= 4 is 11.9 Å². The number of ether oxygens (including phenoxy) is 2. The van der Waals surface area contributed by atoms with Crippen LogP contribution in [0.1, 0.15) is 84.0 Å². The van der Waals surface area contributed by atoms with Crippen molar-refractivity contribution in [2.45, 2.75) is 96.1 Å². The van der Waals surface area contributed by atoms with Gasteiger partial charge in [-0.05, 0) is 32.1 Å². The van der Waals surface area contributed by atoms with Gasteiger partial charge in [-0.25, -0.2) is 4.79 Å². The fraction of sp³-hybridized carbons (Fsp3) is 0.840. The molecule has 0 heterocycles. The molecule has 0 amide bonds. The number of nitrogens with zero attached hydrogens (tertiary/aromatic N) is 1. The molecule has 0 saturated heterocycles. The average molecular weight is 459 g/mol. The lowest BCUT2D eigenvalue weighted by molar-refractivity contribution is -0.887. The van der Waals surface area contributed by atoms with Crippen molar-refractivity contribution in [3.05, 3.63) is 12.2 Å². The molecule has 0 saturated carbocycles. The summed E-state index contributed by atoms with van der Waals surface area (Å²) in [5, 5.41) is 19.1. The minimum absolute atomic E-state index is 0.0177. The molecule has 2 N–H and O–H groups in total. The third-order valence-electron chi connectivity index (χ3n) is 5.40. The van der Waals surface area contributed by atoms with Gasteiger partial charge in [-0.15, -0.1) is 0 Å². The zero-order valence-electron chi connectivity index (χ0n) is 20.9. The van der Waals surface area contributed by atoms with Gasteiger partial charge in [-0.1, -0.05) is 51.2 Å². The number of unbranched alkanes of at least 4 members (excludes halogenated alkanes) is 8. The second kappa shape index (κ2) is 19.1. The highest BCUT2D eigenvalue weighted by atomic mass is 16.5. The van der Waals surface area contributed by atoms with Crippen molar-refractivity contribution in [2.24, 2.45) is 0 Å². The molecule has 0 aromatic rings. The number of esters is 1. The Morgan fingerprint density at radius 2 is 1.50 bits per heavy atom. The van der Waals surface area contributed by atoms with Gasteiger partial charge in [-0.3, -0.25) is 4.79 Å². The Kier molecular flexibility index (Phi) is 18.2. The summed E-state index contributed by atoms with van der Waals surface area (Å²) in [4.78, 5) is 23.1. The SMILES string of the molecule is CCCCC/C=C/CCCCCCCC(=O)OCC(O)COCCC(C(=O)O)[N+](C)(C)C. The topological polar surface area (TPSA) is 93.1 Å². The predicted molar refractivity (Wildman–Crippen MR) is 127 cm³/mol. The maximum Gasteiger partial charge on any atom is 0.362 e. The zero-order chi connectivity index (χ0) is 24.2. The van der Waals surface area contributed by atoms with Crippen LogP contribution in [0.4, 0.5) is 0 Å². The van der Waals surface area contributed by atoms with E-state index in [2.05, 4.69) is 19.1 Å². The molecule has 0 aromatic carbocycles. The normalized spacial score (nSPS) is 13.9. The first-order chi connectivity index (χ1) is 15.2. The maximum absolute atomic E-state index is 11.8. The molecule has 0 radical (unpaired) electrons. The van der Waals surface area contributed by atoms with Crippen LogP contribution in [0.15, 0.2) is 12.2 Å². The van der Waals surface area contributed by atoms with Gasteiger partial charge in [0.2, 0.25) is 0 Å². The third-order valence-corrected chi connectivity index (χ3v) is 5.40. The lowest BCUT2D eigenvalue weighted by Crippen LogP contribution is -2.50. The Morgan fingerprint density at radius 3 is 2.09 bits per heavy atom. The number of carboxylic acids is 1. The number of aliphatic hydroxyl groups is 1. The molecule has 32 heavy (non-hydrogen) atoms. The number of aliphatic carboxylic acids is 1. The number of carboxylic acid groups (broad SMARTS) is 1. The van der Waals surface area contributed by atoms with Gasteiger partial charge in [-0.2, -0.15) is 0 Å². The Labute approximate surface area is 195 Å². The number of carbonyl (C=O) groups is 2. The van der Waals surface area contributed by atoms with Crippen LogP contribution in [-0.4, -0.2) is 79.7 Å². The van der Waals surface area contributed by atoms with E-state index in [0.717, 1.165) is 25.7 Å². The molecule has 0 bridgehead atoms. The first-order valence-electron chi connectivity index (χ1n) is 12.3. The number of aliphatic hydroxyl groups excluding tert-OH is 1. The molecule has 7 heteroatoms. The molecule has 0 spiro atoms. The standard InChI is InChI=1S/C25H47NO6/c1-5-6-7-8-9-10-11-12-13-14-15-16-17-24(28)32-21-22(27)20-31-19-18-23(25(29)30)26(2,3)4/h9-10,22-23,27H,5-8,11-21H2,1-4H3/p+1/b10-9+. The van der Waals surface area contributed by atoms with Crippen molar-refractivity contribution in [3.8, 4) is 0 Å². The van der Waals surface area contributed by atoms with E-state index in [1.54, 1.807) is 0 Å². The Balaban J connectivity index is 3.63. The van der Waals surface area contributed by atoms with E-state index in [1.165, 1.54) is 38.5 Å². The summed E-state index contributed by atoms with van der Waals surface area (Å²) in [5.74, 6) is -1.17. The van der Waals surface area contributed by atoms with E-state index in [4.69, 9.17) is 9.47 Å². The quantitative estimate of drug-likeness (QED) is 0.115. The zero-order valence-corrected chi connectivity index (χ0v) is 20.9. The summed E-state index contributed by atoms with van der Waals surface area (Å²) in [6, 6.07) is -0.572. The van der Waals surface area contributed by atoms with Crippen LogP contribution in [0, 0.1) is 0 Å². The van der Waals surface area contributed by atoms with Gasteiger partial charge >= 0.3 is 11.9 Å². The van der Waals surface area contributed by atoms with E-state index in [0.29, 0.717) is 17.3 Å². The second-order valence-corrected chi connectivity index (χ2v) is 9.44. The average Bonchev–Trinajstić information content (AvgIpc) is 2.71. The van der Waals surface area contributed by atoms with E-state index in [9.17, 15) is 19.8 Å². The van der Waals surface area contributed by atoms with Crippen molar-refractivity contribution in [2.75, 3.05) is 41.0 Å². The van der Waals surface area contributed by atoms with Crippen molar-refractivity contribution in [1.29, 1.82) is 0 Å². The largest absolute Gasteiger partial charge is 0.477 e. The Morgan fingerprint density at radius 1 is 0.906 bits per heavy atom. The summed E-state index contributed by atoms with van der Waals surface area (Å²) in [5.41, 5.74) is 0. The molecule has 0 fully saturated rings. The van der Waals surface area contributed by atoms with Crippen LogP contribution in [0.25, 0.3) is 0 Å². The fourth-order valence-corrected chi connectivity index (χ4v) is 3.38. The van der Waals surface area contributed by atoms with Crippen molar-refractivity contribution in [3.63, 3.8) is 0 Å². The van der Waals surface area contributed by atoms with Crippen molar-refractivity contribution < 1.29 is 33.8 Å². The van der Waals surface area contributed by atoms with Gasteiger partial charge in [0.1, 0.15) is 12.7 Å². The highest BCUT2D eigenvalue weighted by Gasteiger charge is 2.30. The number of hydrogen-bond acceptors (Lipinski definition) is 5. The smallest absolute Gasteiger partial charge is 0.362 e. The van der Waals surface area contributed by atoms with E-state index in [1.807, 2.05) is 21.1 Å². The number of likely N-dealkylation sites (N-methyl/N-ethyl adjacent to an activating group) is 1. The number of hydrogen-bond donors (Lipinski definition) is 2. The number of quaternary nitrogens is 1. The fourth-order valence-electron chi connectivity index (χ4n) is 3.38. The van der Waals surface area contributed by atoms with Gasteiger partial charge in [0.05, 0.1) is 34.4 Å². The van der Waals surface area contributed by atoms with Crippen LogP contribution in [0.5, 0.6) is 0 Å². The van der Waals surface area contributed by atoms with Gasteiger partial charge in [0, 0.05) is 12.8 Å². The molecule has 2 unspecified atom stereocenters. The van der Waals surface area contributed by atoms with Crippen LogP contribution >= 0.6 is 0 Å². The molecule has 0 aromatic heterocycles. The molecule has 0 rings (SSSR count). The number of allylic oxidation sites excluding steroid dienone is 2. The molecule has 0 aliphatic rings. The van der Waals surface area contributed by atoms with Crippen molar-refractivity contribution in [1.82, 2.24) is 0 Å². The molecule has 0 aliphatic heterocycles. The minimum Gasteiger partial charge on any atom is -0.477 e. The summed E-state index contributed by atoms with van der Waals surface area (Å²) < 4.78 is 10.8. The molecule has 7 nitrogen and oxygen atoms in total. The summed E-state index contributed by atoms with van der Waals surface area (Å²) >= 11 is 0. The van der Waals surface area contributed by atoms with E-state index < -0.39 is 18.1 Å². The number of carbonyl (C=O) groups excluding carboxylic acids is 1. The lowest BCUT2D eigenvalue weighted by atomic mass is 10.1. The molecule has 0 aliphatic carbocycles. The minimum atomic E-state index is -0.901. The van der Waals surface area contributed by atoms with Crippen LogP contribution in [0.2, 0.25) is 0 Å². The van der Waals surface area contributed by atoms with Crippen LogP contribution in [0.3, 0.4) is 0 Å². The third kappa shape index (κ3) is 18.2. The maximum atomic E-state index is 11.8. The first-order valence-corrected chi connectivity index (χ1v) is 12.3. The summed E-state index contributed by atoms with van der Waals surface area (Å²) in [7, 11) is 5.46. The lowest BCUT2D eigenvalue weighted by Gasteiger charge is -2.31.